The number of hydrogen-bond acceptors (Lipinski definition) is 9. The Kier molecular flexibility index (Phi) is 5.18. The van der Waals surface area contributed by atoms with Crippen molar-refractivity contribution in [3.05, 3.63) is 48.3 Å². The van der Waals surface area contributed by atoms with Crippen LogP contribution in [-0.4, -0.2) is 70.6 Å². The Balaban J connectivity index is 1.20. The van der Waals surface area contributed by atoms with E-state index in [0.717, 1.165) is 69.6 Å². The molecule has 3 N–H and O–H groups in total. The van der Waals surface area contributed by atoms with E-state index in [1.54, 1.807) is 6.07 Å². The SMILES string of the molecule is Oc1ccccc1-c1cc2c(nn1)NC[C@@H]1CN(c3ncc(C4CCNCC4)cn3)CCN21. The van der Waals surface area contributed by atoms with Gasteiger partial charge in [0.1, 0.15) is 5.75 Å². The highest BCUT2D eigenvalue weighted by molar-refractivity contribution is 5.76. The van der Waals surface area contributed by atoms with Gasteiger partial charge in [-0.15, -0.1) is 10.2 Å². The maximum absolute atomic E-state index is 10.2. The van der Waals surface area contributed by atoms with Crippen LogP contribution >= 0.6 is 0 Å². The number of rotatable bonds is 3. The lowest BCUT2D eigenvalue weighted by Crippen LogP contribution is -2.58. The molecular formula is C24H28N8O. The zero-order valence-corrected chi connectivity index (χ0v) is 18.5. The second-order valence-corrected chi connectivity index (χ2v) is 9.00. The molecule has 0 aliphatic carbocycles. The second kappa shape index (κ2) is 8.47. The van der Waals surface area contributed by atoms with Crippen molar-refractivity contribution in [2.45, 2.75) is 24.8 Å². The van der Waals surface area contributed by atoms with Crippen LogP contribution in [0.5, 0.6) is 5.75 Å². The van der Waals surface area contributed by atoms with Crippen molar-refractivity contribution >= 4 is 17.5 Å². The van der Waals surface area contributed by atoms with Crippen molar-refractivity contribution in [1.29, 1.82) is 0 Å². The van der Waals surface area contributed by atoms with Gasteiger partial charge in [-0.2, -0.15) is 0 Å². The highest BCUT2D eigenvalue weighted by Gasteiger charge is 2.34. The Morgan fingerprint density at radius 2 is 1.82 bits per heavy atom. The summed E-state index contributed by atoms with van der Waals surface area (Å²) in [6.45, 7) is 5.47. The summed E-state index contributed by atoms with van der Waals surface area (Å²) in [5.74, 6) is 2.37. The molecule has 2 saturated heterocycles. The summed E-state index contributed by atoms with van der Waals surface area (Å²) in [4.78, 5) is 14.1. The zero-order valence-electron chi connectivity index (χ0n) is 18.5. The molecule has 0 radical (unpaired) electrons. The van der Waals surface area contributed by atoms with Gasteiger partial charge in [-0.3, -0.25) is 0 Å². The van der Waals surface area contributed by atoms with E-state index in [4.69, 9.17) is 9.97 Å². The van der Waals surface area contributed by atoms with E-state index in [9.17, 15) is 5.11 Å². The molecule has 3 aliphatic rings. The highest BCUT2D eigenvalue weighted by atomic mass is 16.3. The molecular weight excluding hydrogens is 416 g/mol. The van der Waals surface area contributed by atoms with Crippen molar-refractivity contribution in [2.24, 2.45) is 0 Å². The summed E-state index contributed by atoms with van der Waals surface area (Å²) < 4.78 is 0. The zero-order chi connectivity index (χ0) is 22.2. The van der Waals surface area contributed by atoms with Gasteiger partial charge in [0, 0.05) is 44.1 Å². The van der Waals surface area contributed by atoms with Gasteiger partial charge in [0.25, 0.3) is 0 Å². The largest absolute Gasteiger partial charge is 0.507 e. The number of phenolic OH excluding ortho intramolecular Hbond substituents is 1. The number of phenols is 1. The van der Waals surface area contributed by atoms with E-state index >= 15 is 0 Å². The first-order chi connectivity index (χ1) is 16.3. The maximum Gasteiger partial charge on any atom is 0.225 e. The molecule has 9 heteroatoms. The minimum atomic E-state index is 0.210. The lowest BCUT2D eigenvalue weighted by molar-refractivity contribution is 0.458. The van der Waals surface area contributed by atoms with Gasteiger partial charge in [0.15, 0.2) is 5.82 Å². The van der Waals surface area contributed by atoms with Crippen LogP contribution in [0.25, 0.3) is 11.3 Å². The third-order valence-electron chi connectivity index (χ3n) is 7.00. The average molecular weight is 445 g/mol. The first kappa shape index (κ1) is 20.2. The number of benzene rings is 1. The van der Waals surface area contributed by atoms with Crippen LogP contribution in [0.4, 0.5) is 17.5 Å². The number of piperazine rings is 1. The molecule has 5 heterocycles. The molecule has 170 valence electrons. The normalized spacial score (nSPS) is 20.7. The molecule has 3 aliphatic heterocycles. The first-order valence-corrected chi connectivity index (χ1v) is 11.7. The molecule has 33 heavy (non-hydrogen) atoms. The van der Waals surface area contributed by atoms with Crippen molar-refractivity contribution < 1.29 is 5.11 Å². The van der Waals surface area contributed by atoms with E-state index in [-0.39, 0.29) is 11.8 Å². The molecule has 0 unspecified atom stereocenters. The minimum Gasteiger partial charge on any atom is -0.507 e. The van der Waals surface area contributed by atoms with Crippen LogP contribution in [0.15, 0.2) is 42.7 Å². The molecule has 0 saturated carbocycles. The lowest BCUT2D eigenvalue weighted by Gasteiger charge is -2.45. The predicted molar refractivity (Wildman–Crippen MR) is 128 cm³/mol. The van der Waals surface area contributed by atoms with Crippen molar-refractivity contribution in [1.82, 2.24) is 25.5 Å². The average Bonchev–Trinajstić information content (AvgIpc) is 2.89. The van der Waals surface area contributed by atoms with E-state index in [2.05, 4.69) is 30.6 Å². The molecule has 0 amide bonds. The first-order valence-electron chi connectivity index (χ1n) is 11.7. The van der Waals surface area contributed by atoms with Crippen LogP contribution in [0, 0.1) is 0 Å². The number of piperidine rings is 1. The van der Waals surface area contributed by atoms with Crippen LogP contribution in [0.1, 0.15) is 24.3 Å². The Labute approximate surface area is 192 Å². The Hall–Kier alpha value is -3.46. The molecule has 2 fully saturated rings. The Bertz CT molecular complexity index is 1130. The number of nitrogens with zero attached hydrogens (tertiary/aromatic N) is 6. The molecule has 1 aromatic carbocycles. The van der Waals surface area contributed by atoms with Gasteiger partial charge >= 0.3 is 0 Å². The van der Waals surface area contributed by atoms with Gasteiger partial charge in [0.05, 0.1) is 17.4 Å². The Morgan fingerprint density at radius 1 is 1.00 bits per heavy atom. The fourth-order valence-corrected chi connectivity index (χ4v) is 5.15. The topological polar surface area (TPSA) is 102 Å². The fraction of sp³-hybridized carbons (Fsp3) is 0.417. The van der Waals surface area contributed by atoms with Gasteiger partial charge in [0.2, 0.25) is 5.95 Å². The van der Waals surface area contributed by atoms with Crippen LogP contribution in [0.3, 0.4) is 0 Å². The number of fused-ring (bicyclic) bond motifs is 3. The summed E-state index contributed by atoms with van der Waals surface area (Å²) in [7, 11) is 0. The summed E-state index contributed by atoms with van der Waals surface area (Å²) in [5, 5.41) is 25.8. The summed E-state index contributed by atoms with van der Waals surface area (Å²) in [6, 6.07) is 9.54. The number of anilines is 3. The molecule has 6 rings (SSSR count). The molecule has 9 nitrogen and oxygen atoms in total. The summed E-state index contributed by atoms with van der Waals surface area (Å²) >= 11 is 0. The van der Waals surface area contributed by atoms with Crippen molar-refractivity contribution in [3.63, 3.8) is 0 Å². The van der Waals surface area contributed by atoms with Crippen LogP contribution in [0.2, 0.25) is 0 Å². The van der Waals surface area contributed by atoms with Crippen molar-refractivity contribution in [3.8, 4) is 17.0 Å². The molecule has 2 aromatic heterocycles. The highest BCUT2D eigenvalue weighted by Crippen LogP contribution is 2.36. The van der Waals surface area contributed by atoms with Gasteiger partial charge in [-0.25, -0.2) is 9.97 Å². The number of aromatic hydroxyl groups is 1. The number of hydrogen-bond donors (Lipinski definition) is 3. The predicted octanol–water partition coefficient (Wildman–Crippen LogP) is 2.23. The lowest BCUT2D eigenvalue weighted by atomic mass is 9.92. The van der Waals surface area contributed by atoms with E-state index in [1.807, 2.05) is 36.7 Å². The third kappa shape index (κ3) is 3.82. The second-order valence-electron chi connectivity index (χ2n) is 9.00. The van der Waals surface area contributed by atoms with Gasteiger partial charge in [-0.05, 0) is 55.6 Å². The number of nitrogens with one attached hydrogen (secondary N) is 2. The molecule has 0 spiro atoms. The number of aromatic nitrogens is 4. The van der Waals surface area contributed by atoms with E-state index < -0.39 is 0 Å². The van der Waals surface area contributed by atoms with Gasteiger partial charge < -0.3 is 25.5 Å². The monoisotopic (exact) mass is 444 g/mol. The van der Waals surface area contributed by atoms with Crippen LogP contribution < -0.4 is 20.4 Å². The molecule has 1 atom stereocenters. The van der Waals surface area contributed by atoms with Crippen LogP contribution in [-0.2, 0) is 0 Å². The molecule has 3 aromatic rings. The van der Waals surface area contributed by atoms with Gasteiger partial charge in [-0.1, -0.05) is 12.1 Å². The Morgan fingerprint density at radius 3 is 2.64 bits per heavy atom. The quantitative estimate of drug-likeness (QED) is 0.561. The maximum atomic E-state index is 10.2. The van der Waals surface area contributed by atoms with Crippen molar-refractivity contribution in [2.75, 3.05) is 54.4 Å². The fourth-order valence-electron chi connectivity index (χ4n) is 5.15. The van der Waals surface area contributed by atoms with E-state index in [1.165, 1.54) is 5.56 Å². The molecule has 0 bridgehead atoms. The smallest absolute Gasteiger partial charge is 0.225 e. The number of para-hydroxylation sites is 1. The third-order valence-corrected chi connectivity index (χ3v) is 7.00. The summed E-state index contributed by atoms with van der Waals surface area (Å²) in [5.41, 5.74) is 3.65. The summed E-state index contributed by atoms with van der Waals surface area (Å²) in [6.07, 6.45) is 6.35. The minimum absolute atomic E-state index is 0.210. The standard InChI is InChI=1S/C24H28N8O/c33-22-4-2-1-3-19(22)20-11-21-23(30-29-20)26-14-18-15-31(9-10-32(18)21)24-27-12-17(13-28-24)16-5-7-25-8-6-16/h1-4,11-13,16,18,25,33H,5-10,14-15H2,(H,26,30)/t18-/m1/s1. The van der Waals surface area contributed by atoms with E-state index in [0.29, 0.717) is 17.2 Å².